The van der Waals surface area contributed by atoms with E-state index in [1.54, 1.807) is 0 Å². The molecule has 0 fully saturated rings. The van der Waals surface area contributed by atoms with Gasteiger partial charge in [0.2, 0.25) is 0 Å². The van der Waals surface area contributed by atoms with Crippen LogP contribution in [-0.4, -0.2) is 19.1 Å². The van der Waals surface area contributed by atoms with Crippen LogP contribution in [0, 0.1) is 34.0 Å². The average Bonchev–Trinajstić information content (AvgIpc) is 4.05. The number of pyridine rings is 2. The number of rotatable bonds is 3. The van der Waals surface area contributed by atoms with Crippen LogP contribution in [0.15, 0.2) is 194 Å². The smallest absolute Gasteiger partial charge is 0.151 e. The van der Waals surface area contributed by atoms with E-state index >= 15 is 0 Å². The fourth-order valence-electron chi connectivity index (χ4n) is 11.8. The first-order chi connectivity index (χ1) is 35.5. The molecular weight excluding hydrogens is 889 g/mol. The number of nitriles is 3. The third kappa shape index (κ3) is 5.23. The van der Waals surface area contributed by atoms with E-state index < -0.39 is 5.41 Å². The number of benzene rings is 8. The molecule has 1 aliphatic carbocycles. The second-order valence-electron chi connectivity index (χ2n) is 18.3. The van der Waals surface area contributed by atoms with Gasteiger partial charge in [0.25, 0.3) is 0 Å². The van der Waals surface area contributed by atoms with Gasteiger partial charge in [0.1, 0.15) is 11.5 Å². The summed E-state index contributed by atoms with van der Waals surface area (Å²) in [6.07, 6.45) is 3.71. The molecule has 15 rings (SSSR count). The lowest BCUT2D eigenvalue weighted by Crippen LogP contribution is -2.32. The van der Waals surface area contributed by atoms with Gasteiger partial charge in [-0.05, 0) is 127 Å². The Morgan fingerprint density at radius 1 is 0.389 bits per heavy atom. The predicted octanol–water partition coefficient (Wildman–Crippen LogP) is 14.3. The Morgan fingerprint density at radius 3 is 1.53 bits per heavy atom. The molecule has 12 aromatic rings. The van der Waals surface area contributed by atoms with Crippen molar-refractivity contribution in [1.82, 2.24) is 19.1 Å². The van der Waals surface area contributed by atoms with Crippen molar-refractivity contribution in [3.63, 3.8) is 0 Å². The van der Waals surface area contributed by atoms with Crippen molar-refractivity contribution < 1.29 is 9.47 Å². The summed E-state index contributed by atoms with van der Waals surface area (Å²) in [5, 5.41) is 33.7. The Morgan fingerprint density at radius 2 is 0.889 bits per heavy atom. The fourth-order valence-corrected chi connectivity index (χ4v) is 11.8. The minimum Gasteiger partial charge on any atom is -0.457 e. The standard InChI is InChI=1S/C62H32N8O2/c63-32-36-16-22-51-42(26-36)43-27-37(33-64)17-23-52(43)70(51)41-30-49-61(67-35-41)60-48(9-7-25-66-60)62(49)46-8-1-4-12-56(46)71-59-31-40(18-20-47(59)62)68-50-21-15-38(34-65)28-44(50)45-29-39(19-24-53(45)68)69-54-10-2-5-13-57(54)72-58-14-6-3-11-55(58)69/h1-31,35H. The molecule has 72 heavy (non-hydrogen) atoms. The molecule has 2 aliphatic heterocycles. The van der Waals surface area contributed by atoms with Gasteiger partial charge in [-0.1, -0.05) is 54.6 Å². The first-order valence-electron chi connectivity index (χ1n) is 23.5. The van der Waals surface area contributed by atoms with Crippen molar-refractivity contribution in [2.45, 2.75) is 5.41 Å². The van der Waals surface area contributed by atoms with Crippen molar-refractivity contribution in [2.24, 2.45) is 0 Å². The molecule has 10 nitrogen and oxygen atoms in total. The van der Waals surface area contributed by atoms with Crippen molar-refractivity contribution in [1.29, 1.82) is 15.8 Å². The molecule has 10 heteroatoms. The van der Waals surface area contributed by atoms with Crippen LogP contribution in [0.4, 0.5) is 17.1 Å². The van der Waals surface area contributed by atoms with Crippen LogP contribution in [0.3, 0.4) is 0 Å². The zero-order valence-electron chi connectivity index (χ0n) is 37.9. The predicted molar refractivity (Wildman–Crippen MR) is 277 cm³/mol. The number of hydrogen-bond acceptors (Lipinski definition) is 8. The number of ether oxygens (including phenoxy) is 2. The molecular formula is C62H32N8O2. The van der Waals surface area contributed by atoms with E-state index in [2.05, 4.69) is 105 Å². The van der Waals surface area contributed by atoms with Gasteiger partial charge in [0.15, 0.2) is 11.5 Å². The van der Waals surface area contributed by atoms with Gasteiger partial charge >= 0.3 is 0 Å². The average molecular weight is 921 g/mol. The topological polar surface area (TPSA) is 129 Å². The molecule has 0 saturated heterocycles. The Kier molecular flexibility index (Phi) is 7.97. The molecule has 6 heterocycles. The molecule has 1 atom stereocenters. The SMILES string of the molecule is N#Cc1ccc2c(c1)c1cc(C#N)ccc1n2-c1cnc2c(c1)C1(c3ccccc3Oc3cc(-n4c5ccc(C#N)cc5c5cc(N6c7ccccc7Oc7ccccc76)ccc54)ccc31)c1cccnc1-2. The summed E-state index contributed by atoms with van der Waals surface area (Å²) < 4.78 is 17.8. The molecule has 332 valence electrons. The Bertz CT molecular complexity index is 4430. The zero-order chi connectivity index (χ0) is 47.8. The normalized spacial score (nSPS) is 14.6. The van der Waals surface area contributed by atoms with Crippen molar-refractivity contribution >= 4 is 60.7 Å². The Balaban J connectivity index is 0.952. The van der Waals surface area contributed by atoms with Crippen molar-refractivity contribution in [2.75, 3.05) is 4.90 Å². The molecule has 0 N–H and O–H groups in total. The summed E-state index contributed by atoms with van der Waals surface area (Å²) in [7, 11) is 0. The maximum atomic E-state index is 10.2. The molecule has 4 aromatic heterocycles. The lowest BCUT2D eigenvalue weighted by molar-refractivity contribution is 0.436. The van der Waals surface area contributed by atoms with E-state index in [1.807, 2.05) is 122 Å². The van der Waals surface area contributed by atoms with Crippen LogP contribution in [0.25, 0.3) is 66.4 Å². The van der Waals surface area contributed by atoms with Crippen molar-refractivity contribution in [3.05, 3.63) is 233 Å². The highest BCUT2D eigenvalue weighted by atomic mass is 16.5. The molecule has 0 saturated carbocycles. The molecule has 1 spiro atoms. The highest BCUT2D eigenvalue weighted by molar-refractivity contribution is 6.12. The number of para-hydroxylation sites is 5. The number of fused-ring (bicyclic) bond motifs is 17. The third-order valence-electron chi connectivity index (χ3n) is 14.7. The van der Waals surface area contributed by atoms with Gasteiger partial charge in [-0.15, -0.1) is 0 Å². The number of anilines is 3. The van der Waals surface area contributed by atoms with Crippen LogP contribution in [0.1, 0.15) is 38.9 Å². The summed E-state index contributed by atoms with van der Waals surface area (Å²) in [6, 6.07) is 67.9. The van der Waals surface area contributed by atoms with Crippen LogP contribution in [0.5, 0.6) is 23.0 Å². The second kappa shape index (κ2) is 14.5. The van der Waals surface area contributed by atoms with Crippen LogP contribution >= 0.6 is 0 Å². The third-order valence-corrected chi connectivity index (χ3v) is 14.7. The number of aromatic nitrogens is 4. The maximum Gasteiger partial charge on any atom is 0.151 e. The summed E-state index contributed by atoms with van der Waals surface area (Å²) >= 11 is 0. The van der Waals surface area contributed by atoms with E-state index in [1.165, 1.54) is 0 Å². The minimum atomic E-state index is -0.895. The quantitative estimate of drug-likeness (QED) is 0.171. The van der Waals surface area contributed by atoms with E-state index in [4.69, 9.17) is 19.4 Å². The van der Waals surface area contributed by atoms with Crippen LogP contribution in [0.2, 0.25) is 0 Å². The van der Waals surface area contributed by atoms with Crippen LogP contribution < -0.4 is 14.4 Å². The lowest BCUT2D eigenvalue weighted by atomic mass is 9.66. The Labute approximate surface area is 410 Å². The largest absolute Gasteiger partial charge is 0.457 e. The second-order valence-corrected chi connectivity index (χ2v) is 18.3. The van der Waals surface area contributed by atoms with Gasteiger partial charge in [-0.25, -0.2) is 0 Å². The van der Waals surface area contributed by atoms with Crippen LogP contribution in [-0.2, 0) is 5.41 Å². The number of nitrogens with zero attached hydrogens (tertiary/aromatic N) is 8. The van der Waals surface area contributed by atoms with E-state index in [0.717, 1.165) is 123 Å². The molecule has 8 aromatic carbocycles. The van der Waals surface area contributed by atoms with E-state index in [-0.39, 0.29) is 0 Å². The summed E-state index contributed by atoms with van der Waals surface area (Å²) in [4.78, 5) is 12.5. The van der Waals surface area contributed by atoms with Gasteiger partial charge in [0.05, 0.1) is 97.0 Å². The summed E-state index contributed by atoms with van der Waals surface area (Å²) in [5.41, 5.74) is 14.4. The van der Waals surface area contributed by atoms with Crippen molar-refractivity contribution in [3.8, 4) is 64.0 Å². The first-order valence-corrected chi connectivity index (χ1v) is 23.5. The van der Waals surface area contributed by atoms with Gasteiger partial charge in [-0.2, -0.15) is 15.8 Å². The fraction of sp³-hybridized carbons (Fsp3) is 0.0161. The summed E-state index contributed by atoms with van der Waals surface area (Å²) in [6.45, 7) is 0. The van der Waals surface area contributed by atoms with Gasteiger partial charge in [0, 0.05) is 61.9 Å². The molecule has 0 bridgehead atoms. The summed E-state index contributed by atoms with van der Waals surface area (Å²) in [5.74, 6) is 2.94. The molecule has 0 amide bonds. The first kappa shape index (κ1) is 39.5. The number of hydrogen-bond donors (Lipinski definition) is 0. The Hall–Kier alpha value is -10.5. The molecule has 1 unspecified atom stereocenters. The molecule has 0 radical (unpaired) electrons. The highest BCUT2D eigenvalue weighted by Crippen LogP contribution is 2.62. The monoisotopic (exact) mass is 920 g/mol. The molecule has 3 aliphatic rings. The van der Waals surface area contributed by atoms with Gasteiger partial charge < -0.3 is 23.5 Å². The van der Waals surface area contributed by atoms with Gasteiger partial charge in [-0.3, -0.25) is 9.97 Å². The minimum absolute atomic E-state index is 0.536. The highest BCUT2D eigenvalue weighted by Gasteiger charge is 2.52. The zero-order valence-corrected chi connectivity index (χ0v) is 37.9. The van der Waals surface area contributed by atoms with E-state index in [9.17, 15) is 15.8 Å². The lowest BCUT2D eigenvalue weighted by Gasteiger charge is -2.39. The van der Waals surface area contributed by atoms with E-state index in [0.29, 0.717) is 22.4 Å². The maximum absolute atomic E-state index is 10.2.